The third kappa shape index (κ3) is 3.74. The first kappa shape index (κ1) is 25.7. The lowest BCUT2D eigenvalue weighted by atomic mass is 10.0. The first-order valence-corrected chi connectivity index (χ1v) is 14.2. The maximum absolute atomic E-state index is 15.9. The highest BCUT2D eigenvalue weighted by atomic mass is 35.5. The van der Waals surface area contributed by atoms with Crippen molar-refractivity contribution in [2.75, 3.05) is 11.4 Å². The van der Waals surface area contributed by atoms with Gasteiger partial charge in [-0.25, -0.2) is 23.4 Å². The number of carbonyl (C=O) groups is 2. The van der Waals surface area contributed by atoms with Crippen LogP contribution in [0.5, 0.6) is 0 Å². The number of anilines is 1. The van der Waals surface area contributed by atoms with Crippen molar-refractivity contribution in [3.63, 3.8) is 0 Å². The number of aromatic carboxylic acids is 1. The van der Waals surface area contributed by atoms with E-state index in [1.807, 2.05) is 0 Å². The smallest absolute Gasteiger partial charge is 0.346 e. The summed E-state index contributed by atoms with van der Waals surface area (Å²) in [5, 5.41) is 14.3. The molecule has 0 amide bonds. The Hall–Kier alpha value is -3.28. The highest BCUT2D eigenvalue weighted by Crippen LogP contribution is 2.55. The van der Waals surface area contributed by atoms with Gasteiger partial charge in [0.1, 0.15) is 16.8 Å². The van der Waals surface area contributed by atoms with E-state index in [1.54, 1.807) is 18.2 Å². The fraction of sp³-hybridized carbons (Fsp3) is 0.333. The molecule has 2 aliphatic carbocycles. The van der Waals surface area contributed by atoms with Crippen LogP contribution in [0.1, 0.15) is 58.6 Å². The summed E-state index contributed by atoms with van der Waals surface area (Å²) < 4.78 is 43.2. The number of carboxylic acids is 1. The number of fused-ring (bicyclic) bond motifs is 3. The van der Waals surface area contributed by atoms with Crippen LogP contribution in [0.4, 0.5) is 14.5 Å². The average molecular weight is 606 g/mol. The number of thiazole rings is 1. The number of aromatic nitrogens is 2. The summed E-state index contributed by atoms with van der Waals surface area (Å²) in [4.78, 5) is 31.8. The SMILES string of the molecule is O=C(O)c1cc2scnc2c(F)c1N1C[C@H]2CC[C@]1(OC(=O)c1c(-c3c(Cl)cccc3Cl)noc1C1(F)CC1)C2. The Bertz CT molecular complexity index is 1720. The second-order valence-corrected chi connectivity index (χ2v) is 12.1. The van der Waals surface area contributed by atoms with Gasteiger partial charge in [0.2, 0.25) is 0 Å². The minimum atomic E-state index is -1.89. The molecule has 7 rings (SSSR count). The second-order valence-electron chi connectivity index (χ2n) is 10.4. The van der Waals surface area contributed by atoms with Gasteiger partial charge in [0.25, 0.3) is 0 Å². The van der Waals surface area contributed by atoms with Gasteiger partial charge in [-0.05, 0) is 43.4 Å². The van der Waals surface area contributed by atoms with Crippen LogP contribution in [-0.4, -0.2) is 39.5 Å². The predicted molar refractivity (Wildman–Crippen MR) is 143 cm³/mol. The van der Waals surface area contributed by atoms with Gasteiger partial charge < -0.3 is 19.3 Å². The molecule has 3 fully saturated rings. The summed E-state index contributed by atoms with van der Waals surface area (Å²) in [5.41, 5.74) is -2.35. The van der Waals surface area contributed by atoms with Crippen LogP contribution >= 0.6 is 34.5 Å². The zero-order valence-electron chi connectivity index (χ0n) is 20.5. The molecule has 2 aromatic carbocycles. The van der Waals surface area contributed by atoms with E-state index in [4.69, 9.17) is 32.5 Å². The average Bonchev–Trinajstić information content (AvgIpc) is 3.36. The Labute approximate surface area is 239 Å². The number of esters is 1. The van der Waals surface area contributed by atoms with Crippen LogP contribution in [0.15, 0.2) is 34.3 Å². The number of ether oxygens (including phenoxy) is 1. The molecule has 2 aromatic heterocycles. The molecule has 206 valence electrons. The number of nitrogens with zero attached hydrogens (tertiary/aromatic N) is 3. The fourth-order valence-corrected chi connectivity index (χ4v) is 7.26. The molecule has 0 unspecified atom stereocenters. The molecule has 8 nitrogen and oxygen atoms in total. The molecule has 40 heavy (non-hydrogen) atoms. The van der Waals surface area contributed by atoms with Crippen LogP contribution in [0.25, 0.3) is 21.5 Å². The summed E-state index contributed by atoms with van der Waals surface area (Å²) in [6, 6.07) is 6.11. The van der Waals surface area contributed by atoms with Crippen molar-refractivity contribution in [2.45, 2.75) is 43.5 Å². The number of piperidine rings is 1. The van der Waals surface area contributed by atoms with Crippen molar-refractivity contribution in [3.05, 3.63) is 62.5 Å². The number of hydrogen-bond acceptors (Lipinski definition) is 8. The van der Waals surface area contributed by atoms with Crippen molar-refractivity contribution in [1.82, 2.24) is 10.1 Å². The Balaban J connectivity index is 1.34. The standard InChI is InChI=1S/C27H19Cl2F2N3O5S/c28-14-2-1-3-15(29)17(14)21-18(23(39-33-21)26(31)6-7-26)25(37)38-27-5-4-12(9-27)10-34(27)22-13(24(35)36)8-16-20(19(22)30)32-11-40-16/h1-3,8,11-12H,4-7,9-10H2,(H,35,36)/t12-,27-/m0/s1. The zero-order chi connectivity index (χ0) is 28.0. The molecule has 13 heteroatoms. The largest absolute Gasteiger partial charge is 0.478 e. The lowest BCUT2D eigenvalue weighted by Gasteiger charge is -2.40. The van der Waals surface area contributed by atoms with E-state index < -0.39 is 29.1 Å². The number of carboxylic acid groups (broad SMARTS) is 1. The summed E-state index contributed by atoms with van der Waals surface area (Å²) in [6.07, 6.45) is 1.62. The number of hydrogen-bond donors (Lipinski definition) is 1. The molecule has 3 heterocycles. The van der Waals surface area contributed by atoms with Crippen molar-refractivity contribution < 1.29 is 32.7 Å². The highest BCUT2D eigenvalue weighted by Gasteiger charge is 2.57. The highest BCUT2D eigenvalue weighted by molar-refractivity contribution is 7.16. The van der Waals surface area contributed by atoms with E-state index in [2.05, 4.69) is 10.1 Å². The Morgan fingerprint density at radius 3 is 2.65 bits per heavy atom. The first-order valence-electron chi connectivity index (χ1n) is 12.6. The first-order chi connectivity index (χ1) is 19.1. The number of rotatable bonds is 6. The Morgan fingerprint density at radius 1 is 1.23 bits per heavy atom. The van der Waals surface area contributed by atoms with Gasteiger partial charge in [-0.1, -0.05) is 34.4 Å². The number of benzene rings is 2. The van der Waals surface area contributed by atoms with Crippen molar-refractivity contribution in [3.8, 4) is 11.3 Å². The van der Waals surface area contributed by atoms with E-state index in [-0.39, 0.29) is 74.7 Å². The summed E-state index contributed by atoms with van der Waals surface area (Å²) in [6.45, 7) is 0.271. The number of alkyl halides is 1. The van der Waals surface area contributed by atoms with Gasteiger partial charge >= 0.3 is 11.9 Å². The van der Waals surface area contributed by atoms with Crippen molar-refractivity contribution in [1.29, 1.82) is 0 Å². The zero-order valence-corrected chi connectivity index (χ0v) is 22.9. The lowest BCUT2D eigenvalue weighted by molar-refractivity contribution is -0.0116. The molecule has 0 spiro atoms. The third-order valence-corrected chi connectivity index (χ3v) is 9.41. The molecular formula is C27H19Cl2F2N3O5S. The van der Waals surface area contributed by atoms with Crippen LogP contribution in [-0.2, 0) is 10.4 Å². The summed E-state index contributed by atoms with van der Waals surface area (Å²) in [5.74, 6) is -3.31. The van der Waals surface area contributed by atoms with Crippen LogP contribution in [0, 0.1) is 11.7 Å². The van der Waals surface area contributed by atoms with Crippen LogP contribution < -0.4 is 4.90 Å². The Kier molecular flexibility index (Phi) is 5.69. The topological polar surface area (TPSA) is 106 Å². The molecule has 2 saturated carbocycles. The van der Waals surface area contributed by atoms with Gasteiger partial charge in [0.15, 0.2) is 23.0 Å². The van der Waals surface area contributed by atoms with Crippen LogP contribution in [0.3, 0.4) is 0 Å². The molecule has 1 N–H and O–H groups in total. The van der Waals surface area contributed by atoms with Gasteiger partial charge in [0, 0.05) is 24.9 Å². The van der Waals surface area contributed by atoms with Gasteiger partial charge in [-0.3, -0.25) is 0 Å². The Morgan fingerprint density at radius 2 is 1.98 bits per heavy atom. The van der Waals surface area contributed by atoms with Gasteiger partial charge in [0.05, 0.1) is 31.5 Å². The van der Waals surface area contributed by atoms with E-state index in [0.717, 1.165) is 11.3 Å². The summed E-state index contributed by atoms with van der Waals surface area (Å²) >= 11 is 13.9. The molecule has 1 saturated heterocycles. The van der Waals surface area contributed by atoms with E-state index in [9.17, 15) is 14.7 Å². The lowest BCUT2D eigenvalue weighted by Crippen LogP contribution is -2.49. The molecule has 3 aliphatic rings. The van der Waals surface area contributed by atoms with Crippen molar-refractivity contribution in [2.24, 2.45) is 5.92 Å². The quantitative estimate of drug-likeness (QED) is 0.229. The third-order valence-electron chi connectivity index (χ3n) is 8.00. The van der Waals surface area contributed by atoms with Crippen molar-refractivity contribution >= 4 is 62.4 Å². The predicted octanol–water partition coefficient (Wildman–Crippen LogP) is 7.23. The fourth-order valence-electron chi connectivity index (χ4n) is 5.97. The monoisotopic (exact) mass is 605 g/mol. The maximum atomic E-state index is 15.9. The van der Waals surface area contributed by atoms with Crippen LogP contribution in [0.2, 0.25) is 10.0 Å². The minimum absolute atomic E-state index is 0.0235. The van der Waals surface area contributed by atoms with E-state index in [1.165, 1.54) is 16.5 Å². The van der Waals surface area contributed by atoms with Gasteiger partial charge in [-0.2, -0.15) is 0 Å². The second kappa shape index (κ2) is 8.86. The van der Waals surface area contributed by atoms with E-state index >= 15 is 8.78 Å². The molecule has 4 aromatic rings. The molecule has 0 radical (unpaired) electrons. The van der Waals surface area contributed by atoms with E-state index in [0.29, 0.717) is 24.0 Å². The number of halogens is 4. The molecule has 2 atom stereocenters. The minimum Gasteiger partial charge on any atom is -0.478 e. The number of carbonyl (C=O) groups excluding carboxylic acids is 1. The molecular weight excluding hydrogens is 587 g/mol. The molecule has 2 bridgehead atoms. The van der Waals surface area contributed by atoms with Gasteiger partial charge in [-0.15, -0.1) is 11.3 Å². The summed E-state index contributed by atoms with van der Waals surface area (Å²) in [7, 11) is 0. The maximum Gasteiger partial charge on any atom is 0.346 e. The normalized spacial score (nSPS) is 22.7. The molecule has 1 aliphatic heterocycles.